The van der Waals surface area contributed by atoms with Crippen molar-refractivity contribution in [1.29, 1.82) is 0 Å². The van der Waals surface area contributed by atoms with Crippen molar-refractivity contribution in [1.82, 2.24) is 6.15 Å². The molecule has 0 fully saturated rings. The van der Waals surface area contributed by atoms with Crippen molar-refractivity contribution in [2.45, 2.75) is 13.8 Å². The average Bonchev–Trinajstić information content (AvgIpc) is 1.91. The maximum absolute atomic E-state index is 7.75. The van der Waals surface area contributed by atoms with Crippen molar-refractivity contribution >= 4 is 0 Å². The zero-order chi connectivity index (χ0) is 8.83. The lowest BCUT2D eigenvalue weighted by Crippen LogP contribution is -2.02. The fourth-order valence-electron chi connectivity index (χ4n) is 0. The van der Waals surface area contributed by atoms with Crippen LogP contribution >= 0.6 is 0 Å². The Morgan fingerprint density at radius 2 is 1.09 bits per heavy atom. The average molecular weight is 170 g/mol. The molecule has 11 heavy (non-hydrogen) atoms. The summed E-state index contributed by atoms with van der Waals surface area (Å²) < 4.78 is 0. The Balaban J connectivity index is -0.0000000325. The molecule has 0 aliphatic rings. The zero-order valence-electron chi connectivity index (χ0n) is 7.45. The Hall–Kier alpha value is -0.200. The van der Waals surface area contributed by atoms with Gasteiger partial charge in [0.2, 0.25) is 0 Å². The molecule has 0 saturated heterocycles. The SMILES string of the molecule is CCO.CCO.N.NCCO. The number of hydrogen-bond acceptors (Lipinski definition) is 5. The van der Waals surface area contributed by atoms with Crippen LogP contribution in [0.25, 0.3) is 0 Å². The van der Waals surface area contributed by atoms with Gasteiger partial charge in [0.25, 0.3) is 0 Å². The topological polar surface area (TPSA) is 122 Å². The van der Waals surface area contributed by atoms with Crippen molar-refractivity contribution in [2.24, 2.45) is 5.73 Å². The minimum absolute atomic E-state index is 0. The maximum Gasteiger partial charge on any atom is 0.0553 e. The molecule has 0 aromatic carbocycles. The fourth-order valence-corrected chi connectivity index (χ4v) is 0. The second kappa shape index (κ2) is 52.6. The molecular weight excluding hydrogens is 148 g/mol. The van der Waals surface area contributed by atoms with Gasteiger partial charge in [-0.2, -0.15) is 0 Å². The zero-order valence-corrected chi connectivity index (χ0v) is 7.45. The summed E-state index contributed by atoms with van der Waals surface area (Å²) in [5, 5.41) is 22.9. The summed E-state index contributed by atoms with van der Waals surface area (Å²) in [5.41, 5.74) is 4.78. The van der Waals surface area contributed by atoms with Crippen molar-refractivity contribution in [3.63, 3.8) is 0 Å². The largest absolute Gasteiger partial charge is 0.397 e. The Bertz CT molecular complexity index is 27.8. The molecule has 0 bridgehead atoms. The first-order valence-electron chi connectivity index (χ1n) is 3.27. The van der Waals surface area contributed by atoms with E-state index in [1.165, 1.54) is 0 Å². The second-order valence-electron chi connectivity index (χ2n) is 1.14. The Kier molecular flexibility index (Phi) is 107. The van der Waals surface area contributed by atoms with Gasteiger partial charge in [-0.05, 0) is 13.8 Å². The van der Waals surface area contributed by atoms with Crippen molar-refractivity contribution in [3.8, 4) is 0 Å². The van der Waals surface area contributed by atoms with Gasteiger partial charge in [-0.25, -0.2) is 0 Å². The van der Waals surface area contributed by atoms with Crippen LogP contribution in [0, 0.1) is 0 Å². The van der Waals surface area contributed by atoms with E-state index in [1.807, 2.05) is 0 Å². The van der Waals surface area contributed by atoms with E-state index in [2.05, 4.69) is 0 Å². The summed E-state index contributed by atoms with van der Waals surface area (Å²) in [5.74, 6) is 0. The molecule has 0 atom stereocenters. The summed E-state index contributed by atoms with van der Waals surface area (Å²) in [6, 6.07) is 0. The summed E-state index contributed by atoms with van der Waals surface area (Å²) in [4.78, 5) is 0. The molecule has 0 rings (SSSR count). The number of hydrogen-bond donors (Lipinski definition) is 5. The highest BCUT2D eigenvalue weighted by Gasteiger charge is 1.56. The van der Waals surface area contributed by atoms with Gasteiger partial charge < -0.3 is 27.2 Å². The van der Waals surface area contributed by atoms with Crippen LogP contribution in [-0.2, 0) is 0 Å². The molecule has 0 amide bonds. The van der Waals surface area contributed by atoms with Crippen LogP contribution < -0.4 is 11.9 Å². The lowest BCUT2D eigenvalue weighted by Gasteiger charge is -1.71. The molecule has 5 nitrogen and oxygen atoms in total. The first-order valence-corrected chi connectivity index (χ1v) is 3.27. The summed E-state index contributed by atoms with van der Waals surface area (Å²) in [6.07, 6.45) is 0. The van der Waals surface area contributed by atoms with Crippen LogP contribution in [-0.4, -0.2) is 41.7 Å². The molecule has 8 N–H and O–H groups in total. The van der Waals surface area contributed by atoms with Crippen molar-refractivity contribution in [3.05, 3.63) is 0 Å². The minimum atomic E-state index is 0. The highest BCUT2D eigenvalue weighted by Crippen LogP contribution is 1.33. The lowest BCUT2D eigenvalue weighted by molar-refractivity contribution is 0.306. The number of rotatable bonds is 1. The van der Waals surface area contributed by atoms with E-state index in [-0.39, 0.29) is 26.0 Å². The maximum atomic E-state index is 7.75. The number of aliphatic hydroxyl groups excluding tert-OH is 3. The first kappa shape index (κ1) is 22.4. The molecule has 0 heterocycles. The van der Waals surface area contributed by atoms with Gasteiger partial charge in [0.05, 0.1) is 6.61 Å². The molecule has 0 aromatic heterocycles. The Morgan fingerprint density at radius 1 is 1.00 bits per heavy atom. The summed E-state index contributed by atoms with van der Waals surface area (Å²) in [7, 11) is 0. The number of aliphatic hydroxyl groups is 3. The van der Waals surface area contributed by atoms with Gasteiger partial charge in [-0.15, -0.1) is 0 Å². The van der Waals surface area contributed by atoms with Crippen LogP contribution in [0.1, 0.15) is 13.8 Å². The van der Waals surface area contributed by atoms with E-state index in [4.69, 9.17) is 21.1 Å². The predicted molar refractivity (Wildman–Crippen MR) is 46.7 cm³/mol. The third kappa shape index (κ3) is 932. The van der Waals surface area contributed by atoms with Gasteiger partial charge in [-0.1, -0.05) is 0 Å². The lowest BCUT2D eigenvalue weighted by atomic mass is 10.8. The Morgan fingerprint density at radius 3 is 1.09 bits per heavy atom. The van der Waals surface area contributed by atoms with Gasteiger partial charge in [0.15, 0.2) is 0 Å². The van der Waals surface area contributed by atoms with E-state index >= 15 is 0 Å². The molecule has 0 aliphatic heterocycles. The highest BCUT2D eigenvalue weighted by molar-refractivity contribution is 4.17. The Labute approximate surface area is 68.4 Å². The molecule has 74 valence electrons. The van der Waals surface area contributed by atoms with Crippen LogP contribution in [0.5, 0.6) is 0 Å². The van der Waals surface area contributed by atoms with Crippen molar-refractivity contribution in [2.75, 3.05) is 26.4 Å². The smallest absolute Gasteiger partial charge is 0.0553 e. The van der Waals surface area contributed by atoms with Crippen LogP contribution in [0.3, 0.4) is 0 Å². The fraction of sp³-hybridized carbons (Fsp3) is 1.00. The summed E-state index contributed by atoms with van der Waals surface area (Å²) in [6.45, 7) is 4.33. The molecule has 0 aliphatic carbocycles. The van der Waals surface area contributed by atoms with Crippen molar-refractivity contribution < 1.29 is 15.3 Å². The first-order chi connectivity index (χ1) is 4.74. The molecule has 5 heteroatoms. The van der Waals surface area contributed by atoms with E-state index < -0.39 is 0 Å². The quantitative estimate of drug-likeness (QED) is 0.349. The number of nitrogens with two attached hydrogens (primary N) is 1. The molecule has 0 radical (unpaired) electrons. The van der Waals surface area contributed by atoms with Crippen LogP contribution in [0.2, 0.25) is 0 Å². The minimum Gasteiger partial charge on any atom is -0.397 e. The standard InChI is InChI=1S/C2H7NO.2C2H6O.H3N/c3-1-2-4;2*1-2-3;/h4H,1-3H2;2*3H,2H2,1H3;1H3. The molecular formula is C6H22N2O3. The molecule has 0 unspecified atom stereocenters. The third-order valence-corrected chi connectivity index (χ3v) is 0.129. The van der Waals surface area contributed by atoms with E-state index in [0.717, 1.165) is 0 Å². The molecule has 0 spiro atoms. The van der Waals surface area contributed by atoms with Gasteiger partial charge >= 0.3 is 0 Å². The normalized spacial score (nSPS) is 6.00. The second-order valence-corrected chi connectivity index (χ2v) is 1.14. The monoisotopic (exact) mass is 170 g/mol. The third-order valence-electron chi connectivity index (χ3n) is 0.129. The molecule has 0 saturated carbocycles. The predicted octanol–water partition coefficient (Wildman–Crippen LogP) is -0.903. The van der Waals surface area contributed by atoms with E-state index in [1.54, 1.807) is 13.8 Å². The van der Waals surface area contributed by atoms with Crippen LogP contribution in [0.15, 0.2) is 0 Å². The van der Waals surface area contributed by atoms with E-state index in [9.17, 15) is 0 Å². The van der Waals surface area contributed by atoms with Gasteiger partial charge in [0, 0.05) is 19.8 Å². The summed E-state index contributed by atoms with van der Waals surface area (Å²) >= 11 is 0. The highest BCUT2D eigenvalue weighted by atomic mass is 16.3. The van der Waals surface area contributed by atoms with Crippen LogP contribution in [0.4, 0.5) is 0 Å². The van der Waals surface area contributed by atoms with Gasteiger partial charge in [0.1, 0.15) is 0 Å². The van der Waals surface area contributed by atoms with Gasteiger partial charge in [-0.3, -0.25) is 0 Å². The van der Waals surface area contributed by atoms with E-state index in [0.29, 0.717) is 6.54 Å². The molecule has 0 aromatic rings.